The summed E-state index contributed by atoms with van der Waals surface area (Å²) in [6.45, 7) is 13.9. The molecular weight excluding hydrogens is 448 g/mol. The Morgan fingerprint density at radius 3 is 2.43 bits per heavy atom. The summed E-state index contributed by atoms with van der Waals surface area (Å²) in [5.41, 5.74) is 2.49. The second-order valence-electron chi connectivity index (χ2n) is 11.0. The Kier molecular flexibility index (Phi) is 9.55. The number of urea groups is 1. The molecular formula is C28H45F2N3O2. The fourth-order valence-corrected chi connectivity index (χ4v) is 5.42. The largest absolute Gasteiger partial charge is 0.375 e. The number of alkyl halides is 2. The van der Waals surface area contributed by atoms with E-state index in [0.717, 1.165) is 25.8 Å². The highest BCUT2D eigenvalue weighted by Gasteiger charge is 2.49. The second kappa shape index (κ2) is 12.0. The van der Waals surface area contributed by atoms with Crippen molar-refractivity contribution in [1.29, 1.82) is 0 Å². The molecule has 2 aliphatic rings. The topological polar surface area (TPSA) is 44.8 Å². The van der Waals surface area contributed by atoms with Crippen LogP contribution in [0.1, 0.15) is 77.3 Å². The molecule has 0 bridgehead atoms. The van der Waals surface area contributed by atoms with Crippen LogP contribution in [-0.4, -0.2) is 72.7 Å². The molecule has 2 fully saturated rings. The van der Waals surface area contributed by atoms with Crippen LogP contribution in [0.2, 0.25) is 0 Å². The summed E-state index contributed by atoms with van der Waals surface area (Å²) in [4.78, 5) is 17.1. The molecule has 3 rings (SSSR count). The van der Waals surface area contributed by atoms with Gasteiger partial charge < -0.3 is 15.0 Å². The first-order chi connectivity index (χ1) is 16.6. The summed E-state index contributed by atoms with van der Waals surface area (Å²) in [6, 6.07) is 7.26. The van der Waals surface area contributed by atoms with Gasteiger partial charge in [-0.2, -0.15) is 0 Å². The average Bonchev–Trinajstić information content (AvgIpc) is 2.81. The van der Waals surface area contributed by atoms with Crippen molar-refractivity contribution in [3.8, 4) is 0 Å². The van der Waals surface area contributed by atoms with Crippen molar-refractivity contribution >= 4 is 6.03 Å². The molecule has 1 N–H and O–H groups in total. The van der Waals surface area contributed by atoms with Crippen molar-refractivity contribution in [2.75, 3.05) is 32.8 Å². The summed E-state index contributed by atoms with van der Waals surface area (Å²) < 4.78 is 35.9. The van der Waals surface area contributed by atoms with Gasteiger partial charge in [-0.15, -0.1) is 0 Å². The Balaban J connectivity index is 1.57. The first kappa shape index (κ1) is 27.9. The van der Waals surface area contributed by atoms with Crippen molar-refractivity contribution < 1.29 is 18.3 Å². The highest BCUT2D eigenvalue weighted by molar-refractivity contribution is 5.75. The van der Waals surface area contributed by atoms with Crippen LogP contribution in [0.15, 0.2) is 24.3 Å². The van der Waals surface area contributed by atoms with Crippen LogP contribution in [-0.2, 0) is 10.2 Å². The minimum atomic E-state index is -2.97. The number of halogens is 2. The molecule has 0 radical (unpaired) electrons. The van der Waals surface area contributed by atoms with Gasteiger partial charge in [-0.1, -0.05) is 43.7 Å². The molecule has 0 aromatic heterocycles. The monoisotopic (exact) mass is 493 g/mol. The lowest BCUT2D eigenvalue weighted by molar-refractivity contribution is -0.125. The van der Waals surface area contributed by atoms with Gasteiger partial charge in [0.2, 0.25) is 0 Å². The van der Waals surface area contributed by atoms with E-state index in [1.54, 1.807) is 4.90 Å². The third kappa shape index (κ3) is 7.16. The third-order valence-corrected chi connectivity index (χ3v) is 7.96. The van der Waals surface area contributed by atoms with Gasteiger partial charge in [-0.3, -0.25) is 4.90 Å². The number of aryl methyl sites for hydroxylation is 1. The molecule has 1 aromatic rings. The summed E-state index contributed by atoms with van der Waals surface area (Å²) in [5.74, 6) is -2.97. The second-order valence-corrected chi connectivity index (χ2v) is 11.0. The quantitative estimate of drug-likeness (QED) is 0.476. The molecule has 1 aromatic carbocycles. The fourth-order valence-electron chi connectivity index (χ4n) is 5.42. The smallest absolute Gasteiger partial charge is 0.317 e. The molecule has 7 heteroatoms. The number of benzene rings is 1. The fraction of sp³-hybridized carbons (Fsp3) is 0.750. The maximum Gasteiger partial charge on any atom is 0.317 e. The number of hydrogen-bond donors (Lipinski definition) is 1. The third-order valence-electron chi connectivity index (χ3n) is 7.96. The summed E-state index contributed by atoms with van der Waals surface area (Å²) in [5, 5.41) is 2.69. The number of carbonyl (C=O) groups is 1. The normalized spacial score (nSPS) is 24.1. The summed E-state index contributed by atoms with van der Waals surface area (Å²) in [7, 11) is 0. The van der Waals surface area contributed by atoms with Crippen molar-refractivity contribution in [2.24, 2.45) is 0 Å². The Hall–Kier alpha value is -1.73. The number of hydrogen-bond acceptors (Lipinski definition) is 3. The maximum absolute atomic E-state index is 14.9. The van der Waals surface area contributed by atoms with Crippen LogP contribution in [0, 0.1) is 6.92 Å². The van der Waals surface area contributed by atoms with E-state index in [0.29, 0.717) is 45.1 Å². The minimum absolute atomic E-state index is 0.00825. The molecule has 0 unspecified atom stereocenters. The zero-order valence-electron chi connectivity index (χ0n) is 22.3. The van der Waals surface area contributed by atoms with Gasteiger partial charge in [-0.25, -0.2) is 13.6 Å². The van der Waals surface area contributed by atoms with Crippen molar-refractivity contribution in [1.82, 2.24) is 15.1 Å². The van der Waals surface area contributed by atoms with Crippen LogP contribution in [0.4, 0.5) is 13.6 Å². The molecule has 198 valence electrons. The number of amides is 2. The van der Waals surface area contributed by atoms with Crippen molar-refractivity contribution in [3.05, 3.63) is 35.4 Å². The molecule has 1 saturated carbocycles. The predicted octanol–water partition coefficient (Wildman–Crippen LogP) is 5.75. The van der Waals surface area contributed by atoms with Gasteiger partial charge in [-0.05, 0) is 70.4 Å². The zero-order chi connectivity index (χ0) is 25.6. The van der Waals surface area contributed by atoms with E-state index >= 15 is 0 Å². The number of piperidine rings is 1. The molecule has 1 heterocycles. The van der Waals surface area contributed by atoms with Gasteiger partial charge >= 0.3 is 6.03 Å². The van der Waals surface area contributed by atoms with Crippen LogP contribution in [0.5, 0.6) is 0 Å². The van der Waals surface area contributed by atoms with Crippen LogP contribution < -0.4 is 5.32 Å². The van der Waals surface area contributed by atoms with E-state index in [4.69, 9.17) is 4.74 Å². The Bertz CT molecular complexity index is 807. The van der Waals surface area contributed by atoms with Gasteiger partial charge in [0.05, 0.1) is 12.7 Å². The van der Waals surface area contributed by atoms with Crippen molar-refractivity contribution in [3.63, 3.8) is 0 Å². The van der Waals surface area contributed by atoms with Gasteiger partial charge in [0.1, 0.15) is 6.04 Å². The molecule has 2 atom stereocenters. The number of likely N-dealkylation sites (tertiary alicyclic amines) is 1. The molecule has 2 amide bonds. The number of nitrogens with one attached hydrogen (secondary N) is 1. The number of rotatable bonds is 9. The lowest BCUT2D eigenvalue weighted by atomic mass is 9.74. The summed E-state index contributed by atoms with van der Waals surface area (Å²) in [6.07, 6.45) is 2.74. The Morgan fingerprint density at radius 1 is 1.17 bits per heavy atom. The van der Waals surface area contributed by atoms with Gasteiger partial charge in [0.25, 0.3) is 5.92 Å². The molecule has 1 saturated heterocycles. The van der Waals surface area contributed by atoms with E-state index in [1.807, 2.05) is 0 Å². The SMILES string of the molecule is CCCN(CCO[C@H]1CCCC(F)(F)[C@@H]1NC(=O)N1CCC(C)(c2ccc(C)cc2)CC1)C(C)C. The lowest BCUT2D eigenvalue weighted by Gasteiger charge is -2.42. The van der Waals surface area contributed by atoms with Crippen LogP contribution in [0.3, 0.4) is 0 Å². The van der Waals surface area contributed by atoms with Gasteiger partial charge in [0.15, 0.2) is 0 Å². The highest BCUT2D eigenvalue weighted by atomic mass is 19.3. The lowest BCUT2D eigenvalue weighted by Crippen LogP contribution is -2.61. The van der Waals surface area contributed by atoms with E-state index < -0.39 is 24.1 Å². The Labute approximate surface area is 210 Å². The maximum atomic E-state index is 14.9. The molecule has 35 heavy (non-hydrogen) atoms. The zero-order valence-corrected chi connectivity index (χ0v) is 22.3. The molecule has 1 aliphatic heterocycles. The first-order valence-electron chi connectivity index (χ1n) is 13.4. The number of ether oxygens (including phenoxy) is 1. The van der Waals surface area contributed by atoms with E-state index in [1.165, 1.54) is 11.1 Å². The van der Waals surface area contributed by atoms with Crippen LogP contribution in [0.25, 0.3) is 0 Å². The van der Waals surface area contributed by atoms with E-state index in [9.17, 15) is 13.6 Å². The molecule has 0 spiro atoms. The first-order valence-corrected chi connectivity index (χ1v) is 13.4. The summed E-state index contributed by atoms with van der Waals surface area (Å²) >= 11 is 0. The predicted molar refractivity (Wildman–Crippen MR) is 137 cm³/mol. The van der Waals surface area contributed by atoms with Crippen molar-refractivity contribution in [2.45, 2.75) is 103 Å². The van der Waals surface area contributed by atoms with Gasteiger partial charge in [0, 0.05) is 32.1 Å². The average molecular weight is 494 g/mol. The van der Waals surface area contributed by atoms with Crippen LogP contribution >= 0.6 is 0 Å². The highest BCUT2D eigenvalue weighted by Crippen LogP contribution is 2.37. The standard InChI is InChI=1S/C28H45F2N3O2/c1-6-16-32(21(2)3)19-20-35-24-8-7-13-28(29,30)25(24)31-26(34)33-17-14-27(5,15-18-33)23-11-9-22(4)10-12-23/h9-12,21,24-25H,6-8,13-20H2,1-5H3,(H,31,34)/t24-,25+/m0/s1. The Morgan fingerprint density at radius 2 is 1.83 bits per heavy atom. The number of nitrogens with zero attached hydrogens (tertiary/aromatic N) is 2. The molecule has 5 nitrogen and oxygen atoms in total. The minimum Gasteiger partial charge on any atom is -0.375 e. The number of carbonyl (C=O) groups excluding carboxylic acids is 1. The van der Waals surface area contributed by atoms with E-state index in [-0.39, 0.29) is 11.8 Å². The van der Waals surface area contributed by atoms with E-state index in [2.05, 4.69) is 69.1 Å². The molecule has 1 aliphatic carbocycles.